The highest BCUT2D eigenvalue weighted by molar-refractivity contribution is 7.91. The number of carbonyl (C=O) groups is 1. The van der Waals surface area contributed by atoms with Gasteiger partial charge in [-0.05, 0) is 36.6 Å². The highest BCUT2D eigenvalue weighted by atomic mass is 32.2. The highest BCUT2D eigenvalue weighted by Gasteiger charge is 2.35. The number of hydrogen-bond donors (Lipinski definition) is 1. The molecule has 1 atom stereocenters. The van der Waals surface area contributed by atoms with Crippen LogP contribution in [0.5, 0.6) is 0 Å². The number of benzene rings is 2. The maximum absolute atomic E-state index is 13.0. The number of rotatable bonds is 6. The second-order valence-corrected chi connectivity index (χ2v) is 8.75. The Morgan fingerprint density at radius 2 is 1.81 bits per heavy atom. The Morgan fingerprint density at radius 1 is 1.12 bits per heavy atom. The standard InChI is InChI=1S/C20H24N2O3S/c1-2-16-8-6-7-11-19(16)21-14-20(23)22(17-9-4-3-5-10-17)18-12-13-26(24,25)15-18/h3-11,18,21H,2,12-15H2,1H3/t18-/m0/s1. The number of aryl methyl sites for hydroxylation is 1. The molecule has 26 heavy (non-hydrogen) atoms. The minimum Gasteiger partial charge on any atom is -0.376 e. The van der Waals surface area contributed by atoms with Crippen LogP contribution >= 0.6 is 0 Å². The number of sulfone groups is 1. The first-order valence-electron chi connectivity index (χ1n) is 8.89. The summed E-state index contributed by atoms with van der Waals surface area (Å²) < 4.78 is 23.8. The van der Waals surface area contributed by atoms with Gasteiger partial charge in [-0.15, -0.1) is 0 Å². The molecule has 1 N–H and O–H groups in total. The minimum absolute atomic E-state index is 0.0270. The summed E-state index contributed by atoms with van der Waals surface area (Å²) in [5.41, 5.74) is 2.83. The Kier molecular flexibility index (Phi) is 5.61. The smallest absolute Gasteiger partial charge is 0.246 e. The minimum atomic E-state index is -3.07. The van der Waals surface area contributed by atoms with E-state index in [-0.39, 0.29) is 30.0 Å². The van der Waals surface area contributed by atoms with E-state index in [2.05, 4.69) is 12.2 Å². The van der Waals surface area contributed by atoms with Gasteiger partial charge in [0, 0.05) is 11.4 Å². The van der Waals surface area contributed by atoms with Crippen LogP contribution in [0.2, 0.25) is 0 Å². The maximum Gasteiger partial charge on any atom is 0.246 e. The predicted molar refractivity (Wildman–Crippen MR) is 105 cm³/mol. The van der Waals surface area contributed by atoms with Crippen molar-refractivity contribution < 1.29 is 13.2 Å². The molecule has 1 saturated heterocycles. The van der Waals surface area contributed by atoms with Crippen molar-refractivity contribution in [2.24, 2.45) is 0 Å². The molecule has 0 aromatic heterocycles. The van der Waals surface area contributed by atoms with Gasteiger partial charge in [-0.1, -0.05) is 43.3 Å². The van der Waals surface area contributed by atoms with Crippen molar-refractivity contribution >= 4 is 27.1 Å². The normalized spacial score (nSPS) is 18.4. The Bertz CT molecular complexity index is 866. The summed E-state index contributed by atoms with van der Waals surface area (Å²) >= 11 is 0. The van der Waals surface area contributed by atoms with Crippen LogP contribution in [-0.4, -0.2) is 38.4 Å². The van der Waals surface area contributed by atoms with Gasteiger partial charge in [-0.2, -0.15) is 0 Å². The van der Waals surface area contributed by atoms with E-state index in [9.17, 15) is 13.2 Å². The zero-order valence-corrected chi connectivity index (χ0v) is 15.7. The van der Waals surface area contributed by atoms with E-state index in [0.717, 1.165) is 23.4 Å². The van der Waals surface area contributed by atoms with Crippen molar-refractivity contribution in [3.63, 3.8) is 0 Å². The van der Waals surface area contributed by atoms with Crippen LogP contribution in [0.25, 0.3) is 0 Å². The summed E-state index contributed by atoms with van der Waals surface area (Å²) in [4.78, 5) is 14.6. The third-order valence-electron chi connectivity index (χ3n) is 4.70. The highest BCUT2D eigenvalue weighted by Crippen LogP contribution is 2.25. The predicted octanol–water partition coefficient (Wildman–Crippen LogP) is 2.88. The third kappa shape index (κ3) is 4.25. The van der Waals surface area contributed by atoms with Crippen molar-refractivity contribution in [1.29, 1.82) is 0 Å². The van der Waals surface area contributed by atoms with E-state index >= 15 is 0 Å². The average molecular weight is 372 g/mol. The van der Waals surface area contributed by atoms with E-state index in [1.807, 2.05) is 54.6 Å². The molecule has 138 valence electrons. The third-order valence-corrected chi connectivity index (χ3v) is 6.46. The zero-order chi connectivity index (χ0) is 18.6. The molecule has 0 radical (unpaired) electrons. The van der Waals surface area contributed by atoms with E-state index in [1.165, 1.54) is 0 Å². The second kappa shape index (κ2) is 7.91. The fraction of sp³-hybridized carbons (Fsp3) is 0.350. The van der Waals surface area contributed by atoms with E-state index < -0.39 is 9.84 Å². The fourth-order valence-corrected chi connectivity index (χ4v) is 5.08. The number of anilines is 2. The van der Waals surface area contributed by atoms with Crippen molar-refractivity contribution in [1.82, 2.24) is 0 Å². The Labute approximate surface area is 154 Å². The van der Waals surface area contributed by atoms with E-state index in [4.69, 9.17) is 0 Å². The summed E-state index contributed by atoms with van der Waals surface area (Å²) in [6.07, 6.45) is 1.36. The van der Waals surface area contributed by atoms with Crippen LogP contribution in [0.3, 0.4) is 0 Å². The number of carbonyl (C=O) groups excluding carboxylic acids is 1. The molecule has 0 unspecified atom stereocenters. The molecule has 0 spiro atoms. The molecule has 1 amide bonds. The molecule has 0 saturated carbocycles. The van der Waals surface area contributed by atoms with Gasteiger partial charge in [0.2, 0.25) is 5.91 Å². The van der Waals surface area contributed by atoms with E-state index in [1.54, 1.807) is 4.90 Å². The van der Waals surface area contributed by atoms with Crippen LogP contribution in [-0.2, 0) is 21.1 Å². The van der Waals surface area contributed by atoms with Crippen LogP contribution in [0, 0.1) is 0 Å². The lowest BCUT2D eigenvalue weighted by Crippen LogP contribution is -2.44. The van der Waals surface area contributed by atoms with Crippen LogP contribution in [0.15, 0.2) is 54.6 Å². The first-order chi connectivity index (χ1) is 12.5. The van der Waals surface area contributed by atoms with Crippen molar-refractivity contribution in [2.45, 2.75) is 25.8 Å². The summed E-state index contributed by atoms with van der Waals surface area (Å²) in [5.74, 6) is 0.0451. The van der Waals surface area contributed by atoms with Gasteiger partial charge in [0.15, 0.2) is 9.84 Å². The molecular weight excluding hydrogens is 348 g/mol. The van der Waals surface area contributed by atoms with Gasteiger partial charge in [0.05, 0.1) is 24.1 Å². The number of hydrogen-bond acceptors (Lipinski definition) is 4. The summed E-state index contributed by atoms with van der Waals surface area (Å²) in [6.45, 7) is 2.20. The maximum atomic E-state index is 13.0. The molecule has 2 aromatic rings. The first-order valence-corrected chi connectivity index (χ1v) is 10.7. The zero-order valence-electron chi connectivity index (χ0n) is 14.9. The molecule has 1 fully saturated rings. The molecular formula is C20H24N2O3S. The molecule has 1 aliphatic heterocycles. The van der Waals surface area contributed by atoms with E-state index in [0.29, 0.717) is 6.42 Å². The average Bonchev–Trinajstić information content (AvgIpc) is 3.00. The quantitative estimate of drug-likeness (QED) is 0.847. The number of nitrogens with zero attached hydrogens (tertiary/aromatic N) is 1. The molecule has 3 rings (SSSR count). The van der Waals surface area contributed by atoms with Gasteiger partial charge in [-0.25, -0.2) is 8.42 Å². The van der Waals surface area contributed by atoms with Crippen molar-refractivity contribution in [3.05, 3.63) is 60.2 Å². The Morgan fingerprint density at radius 3 is 2.46 bits per heavy atom. The topological polar surface area (TPSA) is 66.5 Å². The second-order valence-electron chi connectivity index (χ2n) is 6.52. The molecule has 2 aromatic carbocycles. The fourth-order valence-electron chi connectivity index (χ4n) is 3.38. The Balaban J connectivity index is 1.79. The molecule has 0 bridgehead atoms. The monoisotopic (exact) mass is 372 g/mol. The van der Waals surface area contributed by atoms with Gasteiger partial charge in [-0.3, -0.25) is 4.79 Å². The lowest BCUT2D eigenvalue weighted by molar-refractivity contribution is -0.117. The summed E-state index contributed by atoms with van der Waals surface area (Å²) in [6, 6.07) is 16.9. The summed E-state index contributed by atoms with van der Waals surface area (Å²) in [7, 11) is -3.07. The Hall–Kier alpha value is -2.34. The summed E-state index contributed by atoms with van der Waals surface area (Å²) in [5, 5.41) is 3.22. The molecule has 6 heteroatoms. The van der Waals surface area contributed by atoms with Gasteiger partial charge < -0.3 is 10.2 Å². The van der Waals surface area contributed by atoms with Crippen molar-refractivity contribution in [3.8, 4) is 0 Å². The number of nitrogens with one attached hydrogen (secondary N) is 1. The largest absolute Gasteiger partial charge is 0.376 e. The van der Waals surface area contributed by atoms with Crippen LogP contribution < -0.4 is 10.2 Å². The molecule has 5 nitrogen and oxygen atoms in total. The van der Waals surface area contributed by atoms with Gasteiger partial charge in [0.25, 0.3) is 0 Å². The lowest BCUT2D eigenvalue weighted by atomic mass is 10.1. The SMILES string of the molecule is CCc1ccccc1NCC(=O)N(c1ccccc1)[C@H]1CCS(=O)(=O)C1. The molecule has 0 aliphatic carbocycles. The van der Waals surface area contributed by atoms with Crippen molar-refractivity contribution in [2.75, 3.05) is 28.3 Å². The van der Waals surface area contributed by atoms with Gasteiger partial charge in [0.1, 0.15) is 0 Å². The molecule has 1 heterocycles. The van der Waals surface area contributed by atoms with Gasteiger partial charge >= 0.3 is 0 Å². The van der Waals surface area contributed by atoms with Crippen LogP contribution in [0.1, 0.15) is 18.9 Å². The van der Waals surface area contributed by atoms with Crippen LogP contribution in [0.4, 0.5) is 11.4 Å². The molecule has 1 aliphatic rings. The lowest BCUT2D eigenvalue weighted by Gasteiger charge is -2.29. The number of para-hydroxylation sites is 2. The number of amides is 1. The first kappa shape index (κ1) is 18.5.